The number of carbonyl (C=O) groups excluding carboxylic acids is 1. The molecule has 0 bridgehead atoms. The first kappa shape index (κ1) is 19.3. The fourth-order valence-corrected chi connectivity index (χ4v) is 3.85. The molecule has 0 amide bonds. The summed E-state index contributed by atoms with van der Waals surface area (Å²) in [7, 11) is -3.91. The van der Waals surface area contributed by atoms with Crippen LogP contribution >= 0.6 is 27.5 Å². The predicted molar refractivity (Wildman–Crippen MR) is 105 cm³/mol. The van der Waals surface area contributed by atoms with E-state index in [0.29, 0.717) is 4.73 Å². The van der Waals surface area contributed by atoms with E-state index >= 15 is 0 Å². The number of hydrogen-bond donors (Lipinski definition) is 1. The van der Waals surface area contributed by atoms with Gasteiger partial charge in [-0.25, -0.2) is 8.42 Å². The molecule has 0 spiro atoms. The van der Waals surface area contributed by atoms with Crippen molar-refractivity contribution >= 4 is 49.0 Å². The third-order valence-electron chi connectivity index (χ3n) is 3.66. The summed E-state index contributed by atoms with van der Waals surface area (Å²) in [6, 6.07) is 13.1. The molecule has 3 aromatic rings. The monoisotopic (exact) mass is 466 g/mol. The van der Waals surface area contributed by atoms with Crippen molar-refractivity contribution in [3.8, 4) is 0 Å². The van der Waals surface area contributed by atoms with E-state index in [4.69, 9.17) is 11.6 Å². The normalized spacial score (nSPS) is 11.2. The largest absolute Gasteiger partial charge is 0.619 e. The summed E-state index contributed by atoms with van der Waals surface area (Å²) in [4.78, 5) is 12.8. The van der Waals surface area contributed by atoms with Crippen LogP contribution in [0.1, 0.15) is 15.9 Å². The summed E-state index contributed by atoms with van der Waals surface area (Å²) >= 11 is 9.24. The lowest BCUT2D eigenvalue weighted by molar-refractivity contribution is -0.605. The maximum absolute atomic E-state index is 12.8. The zero-order chi connectivity index (χ0) is 19.6. The van der Waals surface area contributed by atoms with Crippen LogP contribution in [0.15, 0.2) is 76.4 Å². The third kappa shape index (κ3) is 4.47. The standard InChI is InChI=1S/C18H12BrClN2O4S/c19-13-1-4-15(5-2-13)27(25,26)21-17-6-3-14(20)11-16(17)18(23)12-7-9-22(24)10-8-12/h1-11,21H. The molecule has 0 saturated heterocycles. The number of nitrogens with zero attached hydrogens (tertiary/aromatic N) is 1. The topological polar surface area (TPSA) is 90.2 Å². The Labute approximate surface area is 169 Å². The molecule has 0 aliphatic rings. The smallest absolute Gasteiger partial charge is 0.261 e. The Morgan fingerprint density at radius 3 is 2.30 bits per heavy atom. The maximum Gasteiger partial charge on any atom is 0.261 e. The molecule has 3 rings (SSSR count). The molecule has 0 radical (unpaired) electrons. The Morgan fingerprint density at radius 1 is 1.04 bits per heavy atom. The van der Waals surface area contributed by atoms with Crippen molar-refractivity contribution in [1.29, 1.82) is 0 Å². The molecule has 9 heteroatoms. The van der Waals surface area contributed by atoms with Crippen LogP contribution in [0.2, 0.25) is 5.02 Å². The number of rotatable bonds is 5. The van der Waals surface area contributed by atoms with E-state index in [0.717, 1.165) is 4.47 Å². The van der Waals surface area contributed by atoms with Crippen molar-refractivity contribution in [3.63, 3.8) is 0 Å². The van der Waals surface area contributed by atoms with Gasteiger partial charge in [-0.2, -0.15) is 4.73 Å². The van der Waals surface area contributed by atoms with Crippen molar-refractivity contribution in [1.82, 2.24) is 0 Å². The number of ketones is 1. The SMILES string of the molecule is O=C(c1cc[n+]([O-])cc1)c1cc(Cl)ccc1NS(=O)(=O)c1ccc(Br)cc1. The van der Waals surface area contributed by atoms with E-state index in [9.17, 15) is 18.4 Å². The van der Waals surface area contributed by atoms with Gasteiger partial charge in [0.2, 0.25) is 0 Å². The maximum atomic E-state index is 12.8. The van der Waals surface area contributed by atoms with E-state index in [2.05, 4.69) is 20.7 Å². The number of sulfonamides is 1. The Hall–Kier alpha value is -2.42. The zero-order valence-electron chi connectivity index (χ0n) is 13.6. The lowest BCUT2D eigenvalue weighted by atomic mass is 10.0. The van der Waals surface area contributed by atoms with Gasteiger partial charge in [-0.15, -0.1) is 0 Å². The molecule has 1 aromatic heterocycles. The van der Waals surface area contributed by atoms with Gasteiger partial charge < -0.3 is 5.21 Å². The van der Waals surface area contributed by atoms with Crippen molar-refractivity contribution < 1.29 is 17.9 Å². The summed E-state index contributed by atoms with van der Waals surface area (Å²) in [5, 5.41) is 11.4. The van der Waals surface area contributed by atoms with Crippen LogP contribution in [0.25, 0.3) is 0 Å². The molecule has 1 heterocycles. The number of pyridine rings is 1. The number of hydrogen-bond acceptors (Lipinski definition) is 4. The quantitative estimate of drug-likeness (QED) is 0.351. The van der Waals surface area contributed by atoms with E-state index in [1.165, 1.54) is 54.9 Å². The molecule has 27 heavy (non-hydrogen) atoms. The van der Waals surface area contributed by atoms with Crippen LogP contribution < -0.4 is 9.45 Å². The van der Waals surface area contributed by atoms with Gasteiger partial charge >= 0.3 is 0 Å². The van der Waals surface area contributed by atoms with E-state index < -0.39 is 15.8 Å². The fraction of sp³-hybridized carbons (Fsp3) is 0. The molecule has 1 N–H and O–H groups in total. The molecule has 0 fully saturated rings. The number of halogens is 2. The molecule has 0 aliphatic carbocycles. The number of carbonyl (C=O) groups is 1. The molecule has 0 atom stereocenters. The predicted octanol–water partition coefficient (Wildman–Crippen LogP) is 3.77. The van der Waals surface area contributed by atoms with E-state index in [1.807, 2.05) is 0 Å². The first-order chi connectivity index (χ1) is 12.8. The molecule has 0 saturated carbocycles. The van der Waals surface area contributed by atoms with Gasteiger partial charge in [-0.05, 0) is 42.5 Å². The third-order valence-corrected chi connectivity index (χ3v) is 5.80. The lowest BCUT2D eigenvalue weighted by Gasteiger charge is -2.13. The average molecular weight is 468 g/mol. The highest BCUT2D eigenvalue weighted by Gasteiger charge is 2.20. The van der Waals surface area contributed by atoms with E-state index in [-0.39, 0.29) is 26.7 Å². The van der Waals surface area contributed by atoms with Crippen molar-refractivity contribution in [2.75, 3.05) is 4.72 Å². The van der Waals surface area contributed by atoms with Gasteiger partial charge in [0.05, 0.1) is 10.6 Å². The number of nitrogens with one attached hydrogen (secondary N) is 1. The molecule has 6 nitrogen and oxygen atoms in total. The Morgan fingerprint density at radius 2 is 1.67 bits per heavy atom. The highest BCUT2D eigenvalue weighted by atomic mass is 79.9. The van der Waals surface area contributed by atoms with Gasteiger partial charge in [-0.1, -0.05) is 27.5 Å². The second-order valence-electron chi connectivity index (χ2n) is 5.53. The van der Waals surface area contributed by atoms with Crippen LogP contribution in [0.3, 0.4) is 0 Å². The molecule has 138 valence electrons. The van der Waals surface area contributed by atoms with Crippen LogP contribution in [0.5, 0.6) is 0 Å². The van der Waals surface area contributed by atoms with Crippen LogP contribution in [-0.2, 0) is 10.0 Å². The molecular formula is C18H12BrClN2O4S. The first-order valence-corrected chi connectivity index (χ1v) is 10.2. The highest BCUT2D eigenvalue weighted by Crippen LogP contribution is 2.26. The van der Waals surface area contributed by atoms with Crippen molar-refractivity contribution in [2.45, 2.75) is 4.90 Å². The lowest BCUT2D eigenvalue weighted by Crippen LogP contribution is -2.24. The number of benzene rings is 2. The zero-order valence-corrected chi connectivity index (χ0v) is 16.8. The first-order valence-electron chi connectivity index (χ1n) is 7.58. The Balaban J connectivity index is 2.00. The van der Waals surface area contributed by atoms with Gasteiger partial charge in [0, 0.05) is 32.8 Å². The molecule has 0 aliphatic heterocycles. The highest BCUT2D eigenvalue weighted by molar-refractivity contribution is 9.10. The van der Waals surface area contributed by atoms with Crippen LogP contribution in [0, 0.1) is 5.21 Å². The second kappa shape index (κ2) is 7.67. The summed E-state index contributed by atoms with van der Waals surface area (Å²) in [5.41, 5.74) is 0.395. The van der Waals surface area contributed by atoms with Crippen LogP contribution in [-0.4, -0.2) is 14.2 Å². The van der Waals surface area contributed by atoms with Gasteiger partial charge in [0.25, 0.3) is 10.0 Å². The van der Waals surface area contributed by atoms with Crippen LogP contribution in [0.4, 0.5) is 5.69 Å². The van der Waals surface area contributed by atoms with Gasteiger partial charge in [0.1, 0.15) is 0 Å². The van der Waals surface area contributed by atoms with Gasteiger partial charge in [-0.3, -0.25) is 9.52 Å². The number of anilines is 1. The second-order valence-corrected chi connectivity index (χ2v) is 8.56. The minimum absolute atomic E-state index is 0.0474. The number of aromatic nitrogens is 1. The van der Waals surface area contributed by atoms with Crippen molar-refractivity contribution in [2.24, 2.45) is 0 Å². The Kier molecular flexibility index (Phi) is 5.50. The van der Waals surface area contributed by atoms with Crippen molar-refractivity contribution in [3.05, 3.63) is 92.8 Å². The van der Waals surface area contributed by atoms with Gasteiger partial charge in [0.15, 0.2) is 18.2 Å². The summed E-state index contributed by atoms with van der Waals surface area (Å²) in [6.07, 6.45) is 2.37. The summed E-state index contributed by atoms with van der Waals surface area (Å²) < 4.78 is 29.0. The minimum atomic E-state index is -3.91. The average Bonchev–Trinajstić information content (AvgIpc) is 2.63. The minimum Gasteiger partial charge on any atom is -0.619 e. The van der Waals surface area contributed by atoms with E-state index in [1.54, 1.807) is 12.1 Å². The fourth-order valence-electron chi connectivity index (χ4n) is 2.33. The molecule has 2 aromatic carbocycles. The summed E-state index contributed by atoms with van der Waals surface area (Å²) in [5.74, 6) is -0.466. The molecular weight excluding hydrogens is 456 g/mol. The summed E-state index contributed by atoms with van der Waals surface area (Å²) in [6.45, 7) is 0. The Bertz CT molecular complexity index is 1100. The molecule has 0 unspecified atom stereocenters.